The lowest BCUT2D eigenvalue weighted by Crippen LogP contribution is -2.39. The third kappa shape index (κ3) is 5.20. The van der Waals surface area contributed by atoms with E-state index in [0.29, 0.717) is 37.0 Å². The lowest BCUT2D eigenvalue weighted by Gasteiger charge is -2.30. The molecule has 3 aromatic rings. The molecule has 3 heterocycles. The lowest BCUT2D eigenvalue weighted by molar-refractivity contribution is -0.139. The van der Waals surface area contributed by atoms with Gasteiger partial charge in [0.25, 0.3) is 0 Å². The van der Waals surface area contributed by atoms with Gasteiger partial charge >= 0.3 is 6.18 Å². The first-order valence-corrected chi connectivity index (χ1v) is 10.2. The maximum atomic E-state index is 14.7. The fourth-order valence-electron chi connectivity index (χ4n) is 3.86. The summed E-state index contributed by atoms with van der Waals surface area (Å²) in [5.41, 5.74) is -1.01. The minimum absolute atomic E-state index is 0. The number of halogens is 5. The van der Waals surface area contributed by atoms with Crippen LogP contribution < -0.4 is 10.1 Å². The van der Waals surface area contributed by atoms with E-state index in [1.807, 2.05) is 6.07 Å². The zero-order chi connectivity index (χ0) is 22.9. The van der Waals surface area contributed by atoms with E-state index in [-0.39, 0.29) is 48.1 Å². The number of nitrogens with zero attached hydrogens (tertiary/aromatic N) is 4. The van der Waals surface area contributed by atoms with Crippen molar-refractivity contribution in [3.8, 4) is 23.1 Å². The summed E-state index contributed by atoms with van der Waals surface area (Å²) < 4.78 is 63.1. The Morgan fingerprint density at radius 3 is 2.64 bits per heavy atom. The number of alkyl halides is 4. The highest BCUT2D eigenvalue weighted by Crippen LogP contribution is 2.39. The highest BCUT2D eigenvalue weighted by atomic mass is 35.5. The van der Waals surface area contributed by atoms with E-state index in [1.54, 1.807) is 17.7 Å². The van der Waals surface area contributed by atoms with Gasteiger partial charge in [-0.3, -0.25) is 0 Å². The predicted molar refractivity (Wildman–Crippen MR) is 117 cm³/mol. The van der Waals surface area contributed by atoms with Crippen LogP contribution in [0.4, 0.5) is 17.6 Å². The normalized spacial score (nSPS) is 15.6. The number of piperidine rings is 1. The molecule has 0 unspecified atom stereocenters. The Morgan fingerprint density at radius 1 is 1.24 bits per heavy atom. The predicted octanol–water partition coefficient (Wildman–Crippen LogP) is 4.81. The van der Waals surface area contributed by atoms with Crippen LogP contribution in [0.2, 0.25) is 0 Å². The van der Waals surface area contributed by atoms with Gasteiger partial charge in [-0.2, -0.15) is 18.4 Å². The molecular weight excluding hydrogens is 462 g/mol. The number of ether oxygens (including phenoxy) is 1. The summed E-state index contributed by atoms with van der Waals surface area (Å²) in [6.45, 7) is 0.923. The number of nitrogens with one attached hydrogen (secondary N) is 1. The molecule has 176 valence electrons. The summed E-state index contributed by atoms with van der Waals surface area (Å²) in [4.78, 5) is 8.30. The number of imidazole rings is 1. The van der Waals surface area contributed by atoms with Crippen molar-refractivity contribution >= 4 is 23.4 Å². The molecule has 4 rings (SSSR count). The van der Waals surface area contributed by atoms with E-state index in [2.05, 4.69) is 15.3 Å². The summed E-state index contributed by atoms with van der Waals surface area (Å²) >= 11 is 0. The molecule has 1 N–H and O–H groups in total. The number of fused-ring (bicyclic) bond motifs is 1. The molecule has 0 saturated carbocycles. The van der Waals surface area contributed by atoms with Gasteiger partial charge in [-0.1, -0.05) is 0 Å². The topological polar surface area (TPSA) is 75.8 Å². The van der Waals surface area contributed by atoms with Crippen molar-refractivity contribution in [2.24, 2.45) is 7.05 Å². The van der Waals surface area contributed by atoms with Gasteiger partial charge in [-0.15, -0.1) is 12.4 Å². The monoisotopic (exact) mass is 483 g/mol. The maximum Gasteiger partial charge on any atom is 0.419 e. The first-order valence-electron chi connectivity index (χ1n) is 10.2. The molecule has 11 heteroatoms. The smallest absolute Gasteiger partial charge is 0.419 e. The van der Waals surface area contributed by atoms with Gasteiger partial charge in [0, 0.05) is 19.0 Å². The van der Waals surface area contributed by atoms with E-state index in [9.17, 15) is 22.8 Å². The van der Waals surface area contributed by atoms with Crippen LogP contribution in [-0.4, -0.2) is 39.9 Å². The van der Waals surface area contributed by atoms with Crippen LogP contribution in [0.1, 0.15) is 30.5 Å². The number of hydrogen-bond donors (Lipinski definition) is 1. The van der Waals surface area contributed by atoms with Crippen molar-refractivity contribution in [2.45, 2.75) is 31.1 Å². The molecule has 1 aliphatic heterocycles. The van der Waals surface area contributed by atoms with Crippen LogP contribution in [-0.2, 0) is 13.2 Å². The SMILES string of the molecule is Cl.Cn1cnc2c(C#N)nc(-c3ccc(OCCC4(F)CCNCC4)c(C(F)(F)F)c3)cc21. The van der Waals surface area contributed by atoms with Crippen molar-refractivity contribution in [3.05, 3.63) is 41.9 Å². The van der Waals surface area contributed by atoms with E-state index < -0.39 is 17.4 Å². The van der Waals surface area contributed by atoms with Gasteiger partial charge in [-0.05, 0) is 50.2 Å². The molecule has 1 saturated heterocycles. The molecule has 33 heavy (non-hydrogen) atoms. The molecular formula is C22H22ClF4N5O. The van der Waals surface area contributed by atoms with Crippen LogP contribution in [0.3, 0.4) is 0 Å². The molecule has 2 aromatic heterocycles. The lowest BCUT2D eigenvalue weighted by atomic mass is 9.91. The Hall–Kier alpha value is -2.90. The Morgan fingerprint density at radius 2 is 1.97 bits per heavy atom. The van der Waals surface area contributed by atoms with E-state index in [4.69, 9.17) is 4.74 Å². The number of pyridine rings is 1. The third-order valence-corrected chi connectivity index (χ3v) is 5.71. The number of hydrogen-bond acceptors (Lipinski definition) is 5. The summed E-state index contributed by atoms with van der Waals surface area (Å²) in [7, 11) is 1.72. The fraction of sp³-hybridized carbons (Fsp3) is 0.409. The molecule has 0 atom stereocenters. The second-order valence-corrected chi connectivity index (χ2v) is 7.90. The molecule has 1 aromatic carbocycles. The highest BCUT2D eigenvalue weighted by molar-refractivity contribution is 5.85. The molecule has 0 spiro atoms. The molecule has 1 aliphatic rings. The number of nitriles is 1. The summed E-state index contributed by atoms with van der Waals surface area (Å²) in [5.74, 6) is -0.360. The quantitative estimate of drug-likeness (QED) is 0.527. The number of rotatable bonds is 5. The van der Waals surface area contributed by atoms with Crippen molar-refractivity contribution in [1.29, 1.82) is 5.26 Å². The first kappa shape index (κ1) is 24.7. The third-order valence-electron chi connectivity index (χ3n) is 5.71. The second kappa shape index (κ2) is 9.53. The van der Waals surface area contributed by atoms with Crippen molar-refractivity contribution in [1.82, 2.24) is 19.9 Å². The van der Waals surface area contributed by atoms with Gasteiger partial charge in [0.05, 0.1) is 29.7 Å². The molecule has 0 radical (unpaired) electrons. The molecule has 0 aliphatic carbocycles. The van der Waals surface area contributed by atoms with Gasteiger partial charge in [0.2, 0.25) is 0 Å². The molecule has 0 bridgehead atoms. The standard InChI is InChI=1S/C22H21F4N5O.ClH/c1-31-13-29-20-17(12-27)30-16(11-18(20)31)14-2-3-19(15(10-14)22(24,25)26)32-9-6-21(23)4-7-28-8-5-21;/h2-3,10-11,13,28H,4-9H2,1H3;1H. The number of aryl methyl sites for hydroxylation is 1. The minimum atomic E-state index is -4.68. The Balaban J connectivity index is 0.00000306. The van der Waals surface area contributed by atoms with Gasteiger partial charge in [0.1, 0.15) is 23.0 Å². The second-order valence-electron chi connectivity index (χ2n) is 7.90. The van der Waals surface area contributed by atoms with Gasteiger partial charge in [0.15, 0.2) is 5.69 Å². The number of benzene rings is 1. The van der Waals surface area contributed by atoms with Gasteiger partial charge in [-0.25, -0.2) is 14.4 Å². The Labute approximate surface area is 194 Å². The maximum absolute atomic E-state index is 14.7. The summed E-state index contributed by atoms with van der Waals surface area (Å²) in [5, 5.41) is 12.4. The van der Waals surface area contributed by atoms with E-state index in [1.165, 1.54) is 18.5 Å². The van der Waals surface area contributed by atoms with Gasteiger partial charge < -0.3 is 14.6 Å². The van der Waals surface area contributed by atoms with Crippen LogP contribution >= 0.6 is 12.4 Å². The zero-order valence-electron chi connectivity index (χ0n) is 17.7. The molecule has 6 nitrogen and oxygen atoms in total. The van der Waals surface area contributed by atoms with Crippen LogP contribution in [0, 0.1) is 11.3 Å². The summed E-state index contributed by atoms with van der Waals surface area (Å²) in [6, 6.07) is 7.13. The van der Waals surface area contributed by atoms with Crippen molar-refractivity contribution in [3.63, 3.8) is 0 Å². The average Bonchev–Trinajstić information content (AvgIpc) is 3.14. The molecule has 0 amide bonds. The average molecular weight is 484 g/mol. The van der Waals surface area contributed by atoms with Crippen LogP contribution in [0.5, 0.6) is 5.75 Å². The van der Waals surface area contributed by atoms with Crippen LogP contribution in [0.15, 0.2) is 30.6 Å². The zero-order valence-corrected chi connectivity index (χ0v) is 18.6. The first-order chi connectivity index (χ1) is 15.2. The van der Waals surface area contributed by atoms with E-state index >= 15 is 0 Å². The highest BCUT2D eigenvalue weighted by Gasteiger charge is 2.36. The van der Waals surface area contributed by atoms with Crippen LogP contribution in [0.25, 0.3) is 22.3 Å². The number of aromatic nitrogens is 3. The molecule has 1 fully saturated rings. The largest absolute Gasteiger partial charge is 0.493 e. The minimum Gasteiger partial charge on any atom is -0.493 e. The van der Waals surface area contributed by atoms with E-state index in [0.717, 1.165) is 6.07 Å². The van der Waals surface area contributed by atoms with Crippen molar-refractivity contribution < 1.29 is 22.3 Å². The Kier molecular flexibility index (Phi) is 7.14. The van der Waals surface area contributed by atoms with Crippen molar-refractivity contribution in [2.75, 3.05) is 19.7 Å². The summed E-state index contributed by atoms with van der Waals surface area (Å²) in [6.07, 6.45) is -2.52. The Bertz CT molecular complexity index is 1180. The fourth-order valence-corrected chi connectivity index (χ4v) is 3.86.